The number of hydrogen-bond donors (Lipinski definition) is 0. The molecule has 0 amide bonds. The molecule has 0 N–H and O–H groups in total. The highest BCUT2D eigenvalue weighted by molar-refractivity contribution is 7.13. The molecular weight excluding hydrogens is 216 g/mol. The molecule has 0 saturated carbocycles. The van der Waals surface area contributed by atoms with E-state index < -0.39 is 0 Å². The lowest BCUT2D eigenvalue weighted by Crippen LogP contribution is -2.09. The van der Waals surface area contributed by atoms with Crippen LogP contribution in [0.4, 0.5) is 0 Å². The maximum absolute atomic E-state index is 4.78. The lowest BCUT2D eigenvalue weighted by atomic mass is 9.88. The summed E-state index contributed by atoms with van der Waals surface area (Å²) >= 11 is 1.65. The second-order valence-electron chi connectivity index (χ2n) is 4.37. The molecule has 2 heterocycles. The average Bonchev–Trinajstić information content (AvgIpc) is 2.83. The van der Waals surface area contributed by atoms with Crippen molar-refractivity contribution >= 4 is 11.3 Å². The van der Waals surface area contributed by atoms with Crippen molar-refractivity contribution in [2.24, 2.45) is 0 Å². The van der Waals surface area contributed by atoms with Crippen LogP contribution in [0, 0.1) is 0 Å². The number of thiazole rings is 1. The van der Waals surface area contributed by atoms with Crippen LogP contribution in [0.3, 0.4) is 0 Å². The summed E-state index contributed by atoms with van der Waals surface area (Å²) in [7, 11) is 0. The average molecular weight is 230 g/mol. The van der Waals surface area contributed by atoms with E-state index in [-0.39, 0.29) is 0 Å². The van der Waals surface area contributed by atoms with Gasteiger partial charge in [-0.2, -0.15) is 0 Å². The van der Waals surface area contributed by atoms with E-state index in [2.05, 4.69) is 24.0 Å². The van der Waals surface area contributed by atoms with E-state index in [9.17, 15) is 0 Å². The van der Waals surface area contributed by atoms with Crippen LogP contribution in [-0.2, 0) is 6.42 Å². The third kappa shape index (κ3) is 1.65. The maximum Gasteiger partial charge on any atom is 0.141 e. The number of fused-ring (bicyclic) bond motifs is 1. The van der Waals surface area contributed by atoms with Gasteiger partial charge in [-0.3, -0.25) is 0 Å². The van der Waals surface area contributed by atoms with Crippen molar-refractivity contribution in [3.63, 3.8) is 0 Å². The van der Waals surface area contributed by atoms with Crippen LogP contribution in [-0.4, -0.2) is 9.97 Å². The first-order chi connectivity index (χ1) is 7.84. The second kappa shape index (κ2) is 3.98. The Kier molecular flexibility index (Phi) is 2.48. The van der Waals surface area contributed by atoms with Crippen LogP contribution < -0.4 is 0 Å². The highest BCUT2D eigenvalue weighted by Crippen LogP contribution is 2.31. The fraction of sp³-hybridized carbons (Fsp3) is 0.385. The number of rotatable bonds is 1. The first-order valence-electron chi connectivity index (χ1n) is 5.74. The summed E-state index contributed by atoms with van der Waals surface area (Å²) in [5.74, 6) is 0.601. The lowest BCUT2D eigenvalue weighted by molar-refractivity contribution is 0.574. The number of aromatic nitrogens is 2. The molecule has 1 aliphatic rings. The Bertz CT molecular complexity index is 491. The third-order valence-corrected chi connectivity index (χ3v) is 4.01. The molecule has 16 heavy (non-hydrogen) atoms. The van der Waals surface area contributed by atoms with Crippen molar-refractivity contribution in [2.45, 2.75) is 32.1 Å². The van der Waals surface area contributed by atoms with Crippen LogP contribution in [0.2, 0.25) is 0 Å². The minimum absolute atomic E-state index is 0.601. The highest BCUT2D eigenvalue weighted by atomic mass is 32.1. The van der Waals surface area contributed by atoms with Crippen LogP contribution in [0.1, 0.15) is 36.9 Å². The van der Waals surface area contributed by atoms with E-state index >= 15 is 0 Å². The Balaban J connectivity index is 2.07. The van der Waals surface area contributed by atoms with Gasteiger partial charge in [0, 0.05) is 17.3 Å². The molecule has 0 unspecified atom stereocenters. The smallest absolute Gasteiger partial charge is 0.141 e. The van der Waals surface area contributed by atoms with Gasteiger partial charge in [-0.25, -0.2) is 9.97 Å². The van der Waals surface area contributed by atoms with Crippen molar-refractivity contribution in [1.29, 1.82) is 0 Å². The molecule has 2 nitrogen and oxygen atoms in total. The van der Waals surface area contributed by atoms with Crippen LogP contribution in [0.15, 0.2) is 23.7 Å². The summed E-state index contributed by atoms with van der Waals surface area (Å²) < 4.78 is 0. The van der Waals surface area contributed by atoms with Crippen molar-refractivity contribution in [2.75, 3.05) is 0 Å². The van der Waals surface area contributed by atoms with Gasteiger partial charge in [0.2, 0.25) is 0 Å². The van der Waals surface area contributed by atoms with Gasteiger partial charge in [0.15, 0.2) is 0 Å². The molecule has 2 aromatic heterocycles. The molecule has 0 aliphatic heterocycles. The largest absolute Gasteiger partial charge is 0.250 e. The SMILES string of the molecule is C[C@H]1CCCc2ccc(-c3nccs3)nc21. The maximum atomic E-state index is 4.78. The van der Waals surface area contributed by atoms with Crippen LogP contribution >= 0.6 is 11.3 Å². The molecular formula is C13H14N2S. The fourth-order valence-corrected chi connectivity index (χ4v) is 2.95. The van der Waals surface area contributed by atoms with Gasteiger partial charge in [-0.15, -0.1) is 11.3 Å². The lowest BCUT2D eigenvalue weighted by Gasteiger charge is -2.21. The molecule has 0 spiro atoms. The quantitative estimate of drug-likeness (QED) is 0.747. The van der Waals surface area contributed by atoms with E-state index in [4.69, 9.17) is 4.98 Å². The topological polar surface area (TPSA) is 25.8 Å². The third-order valence-electron chi connectivity index (χ3n) is 3.21. The predicted molar refractivity (Wildman–Crippen MR) is 66.7 cm³/mol. The van der Waals surface area contributed by atoms with Gasteiger partial charge >= 0.3 is 0 Å². The first kappa shape index (κ1) is 9.97. The molecule has 0 radical (unpaired) electrons. The Morgan fingerprint density at radius 3 is 3.12 bits per heavy atom. The van der Waals surface area contributed by atoms with E-state index in [0.29, 0.717) is 5.92 Å². The Morgan fingerprint density at radius 1 is 1.38 bits per heavy atom. The number of hydrogen-bond acceptors (Lipinski definition) is 3. The van der Waals surface area contributed by atoms with Crippen molar-refractivity contribution < 1.29 is 0 Å². The molecule has 0 bridgehead atoms. The number of aryl methyl sites for hydroxylation is 1. The fourth-order valence-electron chi connectivity index (χ4n) is 2.35. The zero-order chi connectivity index (χ0) is 11.0. The van der Waals surface area contributed by atoms with Crippen molar-refractivity contribution in [1.82, 2.24) is 9.97 Å². The normalized spacial score (nSPS) is 19.4. The van der Waals surface area contributed by atoms with Crippen molar-refractivity contribution in [3.8, 4) is 10.7 Å². The van der Waals surface area contributed by atoms with E-state index in [1.54, 1.807) is 11.3 Å². The van der Waals surface area contributed by atoms with Gasteiger partial charge in [0.1, 0.15) is 5.01 Å². The Hall–Kier alpha value is -1.22. The number of pyridine rings is 1. The second-order valence-corrected chi connectivity index (χ2v) is 5.27. The summed E-state index contributed by atoms with van der Waals surface area (Å²) in [6.45, 7) is 2.27. The van der Waals surface area contributed by atoms with Gasteiger partial charge < -0.3 is 0 Å². The molecule has 0 saturated heterocycles. The molecule has 1 aliphatic carbocycles. The zero-order valence-electron chi connectivity index (χ0n) is 9.31. The van der Waals surface area contributed by atoms with Crippen LogP contribution in [0.5, 0.6) is 0 Å². The molecule has 3 heteroatoms. The zero-order valence-corrected chi connectivity index (χ0v) is 10.1. The van der Waals surface area contributed by atoms with E-state index in [0.717, 1.165) is 10.7 Å². The van der Waals surface area contributed by atoms with E-state index in [1.165, 1.54) is 30.5 Å². The molecule has 82 valence electrons. The number of nitrogens with zero attached hydrogens (tertiary/aromatic N) is 2. The first-order valence-corrected chi connectivity index (χ1v) is 6.62. The van der Waals surface area contributed by atoms with Gasteiger partial charge in [-0.05, 0) is 36.8 Å². The molecule has 0 aromatic carbocycles. The highest BCUT2D eigenvalue weighted by Gasteiger charge is 2.18. The van der Waals surface area contributed by atoms with Crippen molar-refractivity contribution in [3.05, 3.63) is 35.0 Å². The summed E-state index contributed by atoms with van der Waals surface area (Å²) in [5.41, 5.74) is 3.75. The summed E-state index contributed by atoms with van der Waals surface area (Å²) in [4.78, 5) is 9.10. The standard InChI is InChI=1S/C13H14N2S/c1-9-3-2-4-10-5-6-11(15-12(9)10)13-14-7-8-16-13/h5-9H,2-4H2,1H3/t9-/m0/s1. The van der Waals surface area contributed by atoms with Crippen LogP contribution in [0.25, 0.3) is 10.7 Å². The Morgan fingerprint density at radius 2 is 2.31 bits per heavy atom. The van der Waals surface area contributed by atoms with Gasteiger partial charge in [-0.1, -0.05) is 13.0 Å². The molecule has 0 fully saturated rings. The van der Waals surface area contributed by atoms with Gasteiger partial charge in [0.05, 0.1) is 5.69 Å². The van der Waals surface area contributed by atoms with Gasteiger partial charge in [0.25, 0.3) is 0 Å². The predicted octanol–water partition coefficient (Wildman–Crippen LogP) is 3.64. The minimum Gasteiger partial charge on any atom is -0.250 e. The molecule has 3 rings (SSSR count). The molecule has 2 aromatic rings. The summed E-state index contributed by atoms with van der Waals surface area (Å²) in [6, 6.07) is 4.34. The van der Waals surface area contributed by atoms with E-state index in [1.807, 2.05) is 11.6 Å². The monoisotopic (exact) mass is 230 g/mol. The minimum atomic E-state index is 0.601. The summed E-state index contributed by atoms with van der Waals surface area (Å²) in [5, 5.41) is 3.03. The molecule has 1 atom stereocenters. The Labute approximate surface area is 99.4 Å². The summed E-state index contributed by atoms with van der Waals surface area (Å²) in [6.07, 6.45) is 5.59.